The number of hydrogen-bond donors (Lipinski definition) is 8. The van der Waals surface area contributed by atoms with Gasteiger partial charge >= 0.3 is 5.97 Å². The third-order valence-electron chi connectivity index (χ3n) is 10.0. The van der Waals surface area contributed by atoms with E-state index < -0.39 is 35.2 Å². The van der Waals surface area contributed by atoms with Crippen molar-refractivity contribution in [2.75, 3.05) is 16.4 Å². The number of nitrogens with zero attached hydrogens (tertiary/aromatic N) is 9. The molecule has 360 valence electrons. The average molecular weight is 967 g/mol. The first-order chi connectivity index (χ1) is 34.0. The number of carboxylic acid groups (broad SMARTS) is 1. The number of aromatic carboxylic acids is 1. The molecule has 6 aromatic heterocycles. The Labute approximate surface area is 400 Å². The van der Waals surface area contributed by atoms with Gasteiger partial charge < -0.3 is 37.6 Å². The lowest BCUT2D eigenvalue weighted by Gasteiger charge is -2.10. The summed E-state index contributed by atoms with van der Waals surface area (Å²) in [7, 11) is 0. The Hall–Kier alpha value is -10.1. The van der Waals surface area contributed by atoms with Crippen molar-refractivity contribution in [3.05, 3.63) is 196 Å². The molecule has 3 aromatic carbocycles. The number of amidine groups is 1. The van der Waals surface area contributed by atoms with E-state index in [2.05, 4.69) is 36.6 Å². The molecule has 23 heteroatoms. The monoisotopic (exact) mass is 966 g/mol. The van der Waals surface area contributed by atoms with Gasteiger partial charge in [0.2, 0.25) is 0 Å². The number of hydrogen-bond acceptors (Lipinski definition) is 13. The molecule has 0 spiro atoms. The number of halogens is 3. The van der Waals surface area contributed by atoms with Crippen LogP contribution in [0.2, 0.25) is 0 Å². The van der Waals surface area contributed by atoms with Crippen LogP contribution in [0.15, 0.2) is 133 Å². The van der Waals surface area contributed by atoms with Gasteiger partial charge in [-0.25, -0.2) is 38.8 Å². The molecule has 71 heavy (non-hydrogen) atoms. The van der Waals surface area contributed by atoms with Gasteiger partial charge in [-0.05, 0) is 104 Å². The number of nitriles is 2. The molecule has 0 unspecified atom stereocenters. The molecular formula is C48H41F3N14O6. The molecule has 0 bridgehead atoms. The lowest BCUT2D eigenvalue weighted by Crippen LogP contribution is -2.17. The third-order valence-corrected chi connectivity index (χ3v) is 10.0. The number of benzene rings is 3. The SMILES string of the molecule is Cc1ccc(/C(N)=N/O)cc1NC(=O)c1cnc2ccc(F)cn12.Cc1ccc(C#N)cc1N.Cc1ccc(C#N)cc1NC(=O)c1cnc2ccc(F)cn12.NO.O=C(O)c1cnc2ccc(F)cn12. The molecule has 2 amide bonds. The first-order valence-electron chi connectivity index (χ1n) is 20.3. The Morgan fingerprint density at radius 3 is 1.42 bits per heavy atom. The highest BCUT2D eigenvalue weighted by atomic mass is 19.1. The minimum absolute atomic E-state index is 0.0468. The summed E-state index contributed by atoms with van der Waals surface area (Å²) in [4.78, 5) is 47.4. The second-order valence-corrected chi connectivity index (χ2v) is 14.7. The van der Waals surface area contributed by atoms with E-state index in [1.54, 1.807) is 55.5 Å². The van der Waals surface area contributed by atoms with E-state index in [0.717, 1.165) is 22.9 Å². The number of carbonyl (C=O) groups is 3. The molecule has 9 aromatic rings. The lowest BCUT2D eigenvalue weighted by atomic mass is 10.1. The van der Waals surface area contributed by atoms with Crippen LogP contribution in [0.25, 0.3) is 16.9 Å². The molecule has 11 N–H and O–H groups in total. The van der Waals surface area contributed by atoms with E-state index in [1.807, 2.05) is 32.1 Å². The number of fused-ring (bicyclic) bond motifs is 3. The first-order valence-corrected chi connectivity index (χ1v) is 20.3. The molecule has 0 saturated carbocycles. The van der Waals surface area contributed by atoms with Gasteiger partial charge in [-0.15, -0.1) is 0 Å². The number of anilines is 3. The minimum Gasteiger partial charge on any atom is -0.477 e. The van der Waals surface area contributed by atoms with Gasteiger partial charge in [0.05, 0.1) is 41.9 Å². The Morgan fingerprint density at radius 2 is 1.00 bits per heavy atom. The fraction of sp³-hybridized carbons (Fsp3) is 0.0625. The molecule has 0 aliphatic rings. The van der Waals surface area contributed by atoms with E-state index >= 15 is 0 Å². The molecule has 0 atom stereocenters. The van der Waals surface area contributed by atoms with E-state index in [1.165, 1.54) is 80.6 Å². The number of imidazole rings is 3. The number of carbonyl (C=O) groups excluding carboxylic acids is 2. The van der Waals surface area contributed by atoms with E-state index in [-0.39, 0.29) is 22.9 Å². The molecule has 6 heterocycles. The van der Waals surface area contributed by atoms with Gasteiger partial charge in [0.25, 0.3) is 11.8 Å². The number of nitrogen functional groups attached to an aromatic ring is 1. The molecule has 20 nitrogen and oxygen atoms in total. The summed E-state index contributed by atoms with van der Waals surface area (Å²) in [5.74, 6) is 0.0134. The zero-order valence-electron chi connectivity index (χ0n) is 37.6. The summed E-state index contributed by atoms with van der Waals surface area (Å²) in [5, 5.41) is 49.7. The number of amides is 2. The van der Waals surface area contributed by atoms with Gasteiger partial charge in [0.15, 0.2) is 11.5 Å². The summed E-state index contributed by atoms with van der Waals surface area (Å²) in [6.07, 6.45) is 7.43. The number of carboxylic acids is 1. The summed E-state index contributed by atoms with van der Waals surface area (Å²) in [6.45, 7) is 5.54. The molecule has 0 aliphatic heterocycles. The normalized spacial score (nSPS) is 10.4. The van der Waals surface area contributed by atoms with Crippen LogP contribution >= 0.6 is 0 Å². The van der Waals surface area contributed by atoms with Crippen molar-refractivity contribution in [3.8, 4) is 12.1 Å². The lowest BCUT2D eigenvalue weighted by molar-refractivity contribution is 0.0688. The van der Waals surface area contributed by atoms with E-state index in [9.17, 15) is 27.6 Å². The second kappa shape index (κ2) is 23.6. The zero-order valence-corrected chi connectivity index (χ0v) is 37.6. The third kappa shape index (κ3) is 12.9. The van der Waals surface area contributed by atoms with Crippen molar-refractivity contribution in [3.63, 3.8) is 0 Å². The Kier molecular flexibility index (Phi) is 17.2. The maximum Gasteiger partial charge on any atom is 0.354 e. The van der Waals surface area contributed by atoms with Gasteiger partial charge in [-0.1, -0.05) is 29.4 Å². The van der Waals surface area contributed by atoms with Crippen LogP contribution in [0.5, 0.6) is 0 Å². The number of aryl methyl sites for hydroxylation is 3. The molecule has 0 fully saturated rings. The Balaban J connectivity index is 0.000000183. The highest BCUT2D eigenvalue weighted by Gasteiger charge is 2.16. The van der Waals surface area contributed by atoms with Crippen molar-refractivity contribution in [2.24, 2.45) is 16.8 Å². The molecule has 0 saturated heterocycles. The Bertz CT molecular complexity index is 3540. The van der Waals surface area contributed by atoms with Crippen LogP contribution in [0.1, 0.15) is 64.8 Å². The summed E-state index contributed by atoms with van der Waals surface area (Å²) in [5.41, 5.74) is 18.7. The van der Waals surface area contributed by atoms with Crippen molar-refractivity contribution >= 4 is 57.6 Å². The topological polar surface area (TPSA) is 326 Å². The van der Waals surface area contributed by atoms with Crippen LogP contribution in [0.3, 0.4) is 0 Å². The van der Waals surface area contributed by atoms with Gasteiger partial charge in [-0.2, -0.15) is 10.5 Å². The highest BCUT2D eigenvalue weighted by Crippen LogP contribution is 2.21. The van der Waals surface area contributed by atoms with E-state index in [4.69, 9.17) is 37.5 Å². The number of nitrogens with one attached hydrogen (secondary N) is 2. The summed E-state index contributed by atoms with van der Waals surface area (Å²) >= 11 is 0. The molecule has 9 rings (SSSR count). The predicted molar refractivity (Wildman–Crippen MR) is 254 cm³/mol. The highest BCUT2D eigenvalue weighted by molar-refractivity contribution is 6.05. The average Bonchev–Trinajstić information content (AvgIpc) is 4.11. The number of pyridine rings is 3. The maximum atomic E-state index is 13.4. The second-order valence-electron chi connectivity index (χ2n) is 14.7. The minimum atomic E-state index is -1.13. The maximum absolute atomic E-state index is 13.4. The number of aromatic nitrogens is 6. The van der Waals surface area contributed by atoms with Crippen LogP contribution in [-0.4, -0.2) is 67.3 Å². The van der Waals surface area contributed by atoms with Crippen molar-refractivity contribution in [1.29, 1.82) is 10.5 Å². The smallest absolute Gasteiger partial charge is 0.354 e. The fourth-order valence-electron chi connectivity index (χ4n) is 6.24. The van der Waals surface area contributed by atoms with Gasteiger partial charge in [0.1, 0.15) is 45.8 Å². The van der Waals surface area contributed by atoms with Crippen LogP contribution in [0.4, 0.5) is 30.2 Å². The first kappa shape index (κ1) is 51.9. The van der Waals surface area contributed by atoms with E-state index in [0.29, 0.717) is 50.7 Å². The summed E-state index contributed by atoms with van der Waals surface area (Å²) in [6, 6.07) is 27.5. The molecular weight excluding hydrogens is 926 g/mol. The van der Waals surface area contributed by atoms with Crippen molar-refractivity contribution < 1.29 is 43.1 Å². The predicted octanol–water partition coefficient (Wildman–Crippen LogP) is 6.99. The van der Waals surface area contributed by atoms with Crippen LogP contribution in [-0.2, 0) is 0 Å². The fourth-order valence-corrected chi connectivity index (χ4v) is 6.24. The van der Waals surface area contributed by atoms with Crippen molar-refractivity contribution in [2.45, 2.75) is 20.8 Å². The van der Waals surface area contributed by atoms with Crippen molar-refractivity contribution in [1.82, 2.24) is 28.2 Å². The molecule has 0 aliphatic carbocycles. The quantitative estimate of drug-likeness (QED) is 0.0274. The Morgan fingerprint density at radius 1 is 0.606 bits per heavy atom. The number of oxime groups is 1. The standard InChI is InChI=1S/C16H14FN5O2.C16H11FN4O.C8H5FN2O2.C8H8N2.H3NO/c1-9-2-3-10(15(18)21-24)6-12(9)20-16(23)13-7-19-14-5-4-11(17)8-22(13)14;1-10-2-3-11(7-18)6-13(10)20-16(22)14-8-19-15-5-4-12(17)9-21(14)15;9-5-1-2-7-10-3-6(8(12)13)11(7)4-5;1-6-2-3-7(5-9)4-8(6)10;1-2/h2-8,24H,1H3,(H2,18,21)(H,20,23);2-6,8-9H,1H3,(H,20,22);1-4H,(H,12,13);2-4H,10H2,1H3;2H,1H2. The van der Waals surface area contributed by atoms with Gasteiger partial charge in [0, 0.05) is 41.2 Å². The molecule has 0 radical (unpaired) electrons. The zero-order chi connectivity index (χ0) is 51.9. The van der Waals surface area contributed by atoms with Crippen LogP contribution < -0.4 is 28.0 Å². The largest absolute Gasteiger partial charge is 0.477 e. The van der Waals surface area contributed by atoms with Gasteiger partial charge in [-0.3, -0.25) is 22.8 Å². The number of rotatable bonds is 6. The van der Waals surface area contributed by atoms with Crippen LogP contribution in [0, 0.1) is 60.9 Å². The summed E-state index contributed by atoms with van der Waals surface area (Å²) < 4.78 is 43.4. The number of nitrogens with two attached hydrogens (primary N) is 3.